The summed E-state index contributed by atoms with van der Waals surface area (Å²) in [5.74, 6) is 0.870. The Morgan fingerprint density at radius 2 is 1.83 bits per heavy atom. The number of hydrogen-bond donors (Lipinski definition) is 1. The molecule has 4 heteroatoms. The molecule has 0 saturated carbocycles. The average molecular weight is 262 g/mol. The fourth-order valence-electron chi connectivity index (χ4n) is 1.72. The molecule has 2 aromatic rings. The third-order valence-corrected chi connectivity index (χ3v) is 2.89. The lowest BCUT2D eigenvalue weighted by Gasteiger charge is -2.09. The van der Waals surface area contributed by atoms with E-state index in [0.717, 1.165) is 35.9 Å². The van der Waals surface area contributed by atoms with Crippen LogP contribution >= 0.6 is 11.6 Å². The van der Waals surface area contributed by atoms with E-state index in [2.05, 4.69) is 22.2 Å². The summed E-state index contributed by atoms with van der Waals surface area (Å²) in [5.41, 5.74) is 2.20. The van der Waals surface area contributed by atoms with Gasteiger partial charge in [-0.25, -0.2) is 4.98 Å². The second-order valence-electron chi connectivity index (χ2n) is 4.08. The number of anilines is 1. The maximum Gasteiger partial charge on any atom is 0.147 e. The largest absolute Gasteiger partial charge is 0.364 e. The van der Waals surface area contributed by atoms with E-state index >= 15 is 0 Å². The lowest BCUT2D eigenvalue weighted by molar-refractivity contribution is 0.868. The van der Waals surface area contributed by atoms with Gasteiger partial charge in [0, 0.05) is 24.0 Å². The Kier molecular flexibility index (Phi) is 4.53. The van der Waals surface area contributed by atoms with Crippen molar-refractivity contribution < 1.29 is 0 Å². The molecule has 1 aromatic carbocycles. The Morgan fingerprint density at radius 1 is 1.11 bits per heavy atom. The number of hydrogen-bond acceptors (Lipinski definition) is 3. The molecule has 0 atom stereocenters. The van der Waals surface area contributed by atoms with E-state index in [1.165, 1.54) is 5.56 Å². The van der Waals surface area contributed by atoms with Gasteiger partial charge in [0.05, 0.1) is 5.69 Å². The molecule has 0 amide bonds. The van der Waals surface area contributed by atoms with E-state index in [1.807, 2.05) is 24.3 Å². The van der Waals surface area contributed by atoms with E-state index in [4.69, 9.17) is 11.6 Å². The number of benzene rings is 1. The Morgan fingerprint density at radius 3 is 2.56 bits per heavy atom. The molecule has 0 aliphatic carbocycles. The van der Waals surface area contributed by atoms with E-state index in [1.54, 1.807) is 12.4 Å². The zero-order chi connectivity index (χ0) is 12.8. The van der Waals surface area contributed by atoms with Crippen molar-refractivity contribution in [2.45, 2.75) is 26.3 Å². The molecule has 0 fully saturated rings. The highest BCUT2D eigenvalue weighted by molar-refractivity contribution is 6.30. The van der Waals surface area contributed by atoms with Gasteiger partial charge in [-0.1, -0.05) is 37.1 Å². The summed E-state index contributed by atoms with van der Waals surface area (Å²) in [6, 6.07) is 7.79. The highest BCUT2D eigenvalue weighted by atomic mass is 35.5. The maximum atomic E-state index is 5.85. The van der Waals surface area contributed by atoms with Crippen LogP contribution in [0.15, 0.2) is 36.7 Å². The molecule has 0 aliphatic rings. The Labute approximate surface area is 112 Å². The summed E-state index contributed by atoms with van der Waals surface area (Å²) in [7, 11) is 0. The smallest absolute Gasteiger partial charge is 0.147 e. The van der Waals surface area contributed by atoms with E-state index < -0.39 is 0 Å². The molecule has 0 saturated heterocycles. The molecule has 0 radical (unpaired) electrons. The molecule has 0 aliphatic heterocycles. The van der Waals surface area contributed by atoms with Crippen LogP contribution in [-0.2, 0) is 13.0 Å². The van der Waals surface area contributed by atoms with Crippen molar-refractivity contribution in [1.82, 2.24) is 9.97 Å². The van der Waals surface area contributed by atoms with Gasteiger partial charge in [-0.05, 0) is 24.1 Å². The molecule has 0 bridgehead atoms. The van der Waals surface area contributed by atoms with Crippen LogP contribution < -0.4 is 5.32 Å². The van der Waals surface area contributed by atoms with Gasteiger partial charge >= 0.3 is 0 Å². The van der Waals surface area contributed by atoms with Gasteiger partial charge < -0.3 is 5.32 Å². The number of aromatic nitrogens is 2. The molecule has 1 heterocycles. The molecular weight excluding hydrogens is 246 g/mol. The normalized spacial score (nSPS) is 10.3. The van der Waals surface area contributed by atoms with Crippen molar-refractivity contribution in [2.75, 3.05) is 5.32 Å². The summed E-state index contributed by atoms with van der Waals surface area (Å²) in [6.45, 7) is 2.87. The van der Waals surface area contributed by atoms with Gasteiger partial charge in [0.15, 0.2) is 0 Å². The highest BCUT2D eigenvalue weighted by Crippen LogP contribution is 2.14. The van der Waals surface area contributed by atoms with Gasteiger partial charge in [0.2, 0.25) is 0 Å². The van der Waals surface area contributed by atoms with Crippen LogP contribution in [-0.4, -0.2) is 9.97 Å². The Balaban J connectivity index is 2.03. The number of nitrogens with zero attached hydrogens (tertiary/aromatic N) is 2. The first-order chi connectivity index (χ1) is 8.79. The lowest BCUT2D eigenvalue weighted by Crippen LogP contribution is -2.05. The zero-order valence-corrected chi connectivity index (χ0v) is 11.1. The second kappa shape index (κ2) is 6.36. The summed E-state index contributed by atoms with van der Waals surface area (Å²) in [4.78, 5) is 8.68. The number of nitrogens with one attached hydrogen (secondary N) is 1. The third kappa shape index (κ3) is 3.44. The monoisotopic (exact) mass is 261 g/mol. The Hall–Kier alpha value is -1.61. The van der Waals surface area contributed by atoms with E-state index in [-0.39, 0.29) is 0 Å². The standard InChI is InChI=1S/C14H16ClN3/c1-2-3-13-14(17-9-8-16-13)18-10-11-4-6-12(15)7-5-11/h4-9H,2-3,10H2,1H3,(H,17,18). The first-order valence-electron chi connectivity index (χ1n) is 6.08. The third-order valence-electron chi connectivity index (χ3n) is 2.63. The van der Waals surface area contributed by atoms with Gasteiger partial charge in [-0.15, -0.1) is 0 Å². The molecular formula is C14H16ClN3. The molecule has 18 heavy (non-hydrogen) atoms. The summed E-state index contributed by atoms with van der Waals surface area (Å²) in [6.07, 6.45) is 5.45. The fraction of sp³-hybridized carbons (Fsp3) is 0.286. The summed E-state index contributed by atoms with van der Waals surface area (Å²) < 4.78 is 0. The average Bonchev–Trinajstić information content (AvgIpc) is 2.40. The number of aryl methyl sites for hydroxylation is 1. The van der Waals surface area contributed by atoms with E-state index in [9.17, 15) is 0 Å². The summed E-state index contributed by atoms with van der Waals surface area (Å²) in [5, 5.41) is 4.07. The maximum absolute atomic E-state index is 5.85. The molecule has 0 spiro atoms. The van der Waals surface area contributed by atoms with Gasteiger partial charge in [0.1, 0.15) is 5.82 Å². The predicted molar refractivity (Wildman–Crippen MR) is 74.8 cm³/mol. The number of halogens is 1. The minimum absolute atomic E-state index is 0.729. The molecule has 3 nitrogen and oxygen atoms in total. The second-order valence-corrected chi connectivity index (χ2v) is 4.52. The van der Waals surface area contributed by atoms with Crippen LogP contribution in [0.3, 0.4) is 0 Å². The molecule has 2 rings (SSSR count). The topological polar surface area (TPSA) is 37.8 Å². The zero-order valence-electron chi connectivity index (χ0n) is 10.4. The predicted octanol–water partition coefficient (Wildman–Crippen LogP) is 3.69. The van der Waals surface area contributed by atoms with Gasteiger partial charge in [-0.3, -0.25) is 4.98 Å². The minimum atomic E-state index is 0.729. The van der Waals surface area contributed by atoms with Crippen LogP contribution in [0.5, 0.6) is 0 Å². The molecule has 1 aromatic heterocycles. The SMILES string of the molecule is CCCc1nccnc1NCc1ccc(Cl)cc1. The van der Waals surface area contributed by atoms with Crippen molar-refractivity contribution in [3.05, 3.63) is 52.9 Å². The summed E-state index contributed by atoms with van der Waals surface area (Å²) >= 11 is 5.85. The first kappa shape index (κ1) is 12.8. The van der Waals surface area contributed by atoms with Crippen molar-refractivity contribution in [1.29, 1.82) is 0 Å². The van der Waals surface area contributed by atoms with Gasteiger partial charge in [0.25, 0.3) is 0 Å². The highest BCUT2D eigenvalue weighted by Gasteiger charge is 2.03. The van der Waals surface area contributed by atoms with Gasteiger partial charge in [-0.2, -0.15) is 0 Å². The molecule has 94 valence electrons. The van der Waals surface area contributed by atoms with Crippen molar-refractivity contribution >= 4 is 17.4 Å². The fourth-order valence-corrected chi connectivity index (χ4v) is 1.85. The van der Waals surface area contributed by atoms with Crippen molar-refractivity contribution in [2.24, 2.45) is 0 Å². The molecule has 1 N–H and O–H groups in total. The van der Waals surface area contributed by atoms with Crippen LogP contribution in [0.2, 0.25) is 5.02 Å². The van der Waals surface area contributed by atoms with Crippen LogP contribution in [0.25, 0.3) is 0 Å². The quantitative estimate of drug-likeness (QED) is 0.892. The van der Waals surface area contributed by atoms with Crippen molar-refractivity contribution in [3.8, 4) is 0 Å². The minimum Gasteiger partial charge on any atom is -0.364 e. The van der Waals surface area contributed by atoms with Crippen LogP contribution in [0.4, 0.5) is 5.82 Å². The Bertz CT molecular complexity index is 497. The molecule has 0 unspecified atom stereocenters. The first-order valence-corrected chi connectivity index (χ1v) is 6.45. The lowest BCUT2D eigenvalue weighted by atomic mass is 10.2. The van der Waals surface area contributed by atoms with E-state index in [0.29, 0.717) is 0 Å². The van der Waals surface area contributed by atoms with Crippen molar-refractivity contribution in [3.63, 3.8) is 0 Å². The number of rotatable bonds is 5. The van der Waals surface area contributed by atoms with Crippen LogP contribution in [0.1, 0.15) is 24.6 Å². The van der Waals surface area contributed by atoms with Crippen LogP contribution in [0, 0.1) is 0 Å².